The Kier molecular flexibility index (Phi) is 10.0. The fourth-order valence-electron chi connectivity index (χ4n) is 6.61. The number of likely N-dealkylation sites (N-methyl/N-ethyl adjacent to an activating group) is 1. The van der Waals surface area contributed by atoms with E-state index >= 15 is 0 Å². The van der Waals surface area contributed by atoms with Crippen molar-refractivity contribution in [3.05, 3.63) is 0 Å². The summed E-state index contributed by atoms with van der Waals surface area (Å²) in [4.78, 5) is 2.68. The van der Waals surface area contributed by atoms with Crippen LogP contribution in [0.5, 0.6) is 0 Å². The number of piperidine rings is 2. The second kappa shape index (κ2) is 11.5. The van der Waals surface area contributed by atoms with Crippen LogP contribution in [0.2, 0.25) is 0 Å². The molecule has 190 valence electrons. The highest BCUT2D eigenvalue weighted by Crippen LogP contribution is 2.31. The van der Waals surface area contributed by atoms with Gasteiger partial charge in [-0.15, -0.1) is 0 Å². The van der Waals surface area contributed by atoms with Crippen molar-refractivity contribution in [2.75, 3.05) is 45.8 Å². The Morgan fingerprint density at radius 2 is 1.09 bits per heavy atom. The Morgan fingerprint density at radius 3 is 1.59 bits per heavy atom. The Morgan fingerprint density at radius 1 is 0.656 bits per heavy atom. The van der Waals surface area contributed by atoms with Crippen LogP contribution in [-0.2, 0) is 0 Å². The number of hydrogen-bond donors (Lipinski definition) is 5. The van der Waals surface area contributed by atoms with E-state index in [4.69, 9.17) is 0 Å². The van der Waals surface area contributed by atoms with Crippen LogP contribution in [0.25, 0.3) is 0 Å². The number of nitrogens with zero attached hydrogens (tertiary/aromatic N) is 1. The maximum absolute atomic E-state index is 3.81. The highest BCUT2D eigenvalue weighted by molar-refractivity contribution is 5.01. The first-order valence-electron chi connectivity index (χ1n) is 13.2. The fourth-order valence-corrected chi connectivity index (χ4v) is 6.61. The monoisotopic (exact) mass is 452 g/mol. The minimum Gasteiger partial charge on any atom is -0.314 e. The van der Waals surface area contributed by atoms with E-state index in [1.165, 1.54) is 25.7 Å². The molecule has 2 saturated heterocycles. The van der Waals surface area contributed by atoms with Gasteiger partial charge >= 0.3 is 0 Å². The van der Waals surface area contributed by atoms with Gasteiger partial charge in [-0.3, -0.25) is 4.90 Å². The topological polar surface area (TPSA) is 63.4 Å². The lowest BCUT2D eigenvalue weighted by molar-refractivity contribution is 0.0698. The van der Waals surface area contributed by atoms with E-state index < -0.39 is 0 Å². The molecule has 6 heteroatoms. The van der Waals surface area contributed by atoms with Gasteiger partial charge in [0.05, 0.1) is 0 Å². The zero-order chi connectivity index (χ0) is 24.0. The Bertz CT molecular complexity index is 525. The lowest BCUT2D eigenvalue weighted by atomic mass is 9.79. The third-order valence-electron chi connectivity index (χ3n) is 7.07. The van der Waals surface area contributed by atoms with Crippen molar-refractivity contribution in [3.63, 3.8) is 0 Å². The molecule has 0 aromatic heterocycles. The zero-order valence-corrected chi connectivity index (χ0v) is 22.9. The molecule has 0 atom stereocenters. The van der Waals surface area contributed by atoms with Crippen LogP contribution in [-0.4, -0.2) is 85.0 Å². The Hall–Kier alpha value is -0.240. The molecule has 2 aliphatic heterocycles. The number of nitrogens with one attached hydrogen (secondary N) is 5. The van der Waals surface area contributed by atoms with E-state index in [2.05, 4.69) is 93.8 Å². The van der Waals surface area contributed by atoms with Crippen LogP contribution in [0.15, 0.2) is 0 Å². The molecule has 32 heavy (non-hydrogen) atoms. The van der Waals surface area contributed by atoms with Crippen molar-refractivity contribution < 1.29 is 0 Å². The van der Waals surface area contributed by atoms with Crippen LogP contribution in [0.4, 0.5) is 0 Å². The summed E-state index contributed by atoms with van der Waals surface area (Å²) in [5.41, 5.74) is 0.848. The molecule has 0 saturated carbocycles. The Labute approximate surface area is 199 Å². The molecule has 0 bridgehead atoms. The van der Waals surface area contributed by atoms with Crippen LogP contribution < -0.4 is 26.6 Å². The average molecular weight is 453 g/mol. The molecule has 2 fully saturated rings. The molecule has 2 rings (SSSR count). The minimum absolute atomic E-state index is 0.211. The van der Waals surface area contributed by atoms with Crippen molar-refractivity contribution in [1.82, 2.24) is 31.5 Å². The summed E-state index contributed by atoms with van der Waals surface area (Å²) in [5.74, 6) is 0. The predicted octanol–water partition coefficient (Wildman–Crippen LogP) is 2.70. The predicted molar refractivity (Wildman–Crippen MR) is 140 cm³/mol. The van der Waals surface area contributed by atoms with Gasteiger partial charge < -0.3 is 26.6 Å². The van der Waals surface area contributed by atoms with E-state index in [0.29, 0.717) is 12.1 Å². The van der Waals surface area contributed by atoms with E-state index in [9.17, 15) is 0 Å². The molecule has 2 aliphatic rings. The van der Waals surface area contributed by atoms with E-state index in [1.54, 1.807) is 0 Å². The summed E-state index contributed by atoms with van der Waals surface area (Å²) in [6.45, 7) is 28.5. The van der Waals surface area contributed by atoms with Crippen molar-refractivity contribution in [2.45, 2.75) is 122 Å². The molecule has 0 aliphatic carbocycles. The summed E-state index contributed by atoms with van der Waals surface area (Å²) in [5, 5.41) is 18.6. The van der Waals surface area contributed by atoms with Gasteiger partial charge in [-0.25, -0.2) is 0 Å². The summed E-state index contributed by atoms with van der Waals surface area (Å²) in [7, 11) is 0. The second-order valence-electron chi connectivity index (χ2n) is 13.0. The molecular weight excluding hydrogens is 396 g/mol. The van der Waals surface area contributed by atoms with Crippen LogP contribution in [0.3, 0.4) is 0 Å². The van der Waals surface area contributed by atoms with Gasteiger partial charge in [-0.05, 0) is 87.6 Å². The fraction of sp³-hybridized carbons (Fsp3) is 1.00. The summed E-state index contributed by atoms with van der Waals surface area (Å²) in [6.07, 6.45) is 4.84. The first kappa shape index (κ1) is 28.0. The van der Waals surface area contributed by atoms with E-state index in [-0.39, 0.29) is 22.2 Å². The molecule has 0 amide bonds. The smallest absolute Gasteiger partial charge is 0.0145 e. The molecule has 0 unspecified atom stereocenters. The van der Waals surface area contributed by atoms with Gasteiger partial charge in [0.15, 0.2) is 0 Å². The second-order valence-corrected chi connectivity index (χ2v) is 13.0. The highest BCUT2D eigenvalue weighted by Gasteiger charge is 2.39. The highest BCUT2D eigenvalue weighted by atomic mass is 15.2. The van der Waals surface area contributed by atoms with Crippen LogP contribution in [0.1, 0.15) is 88.0 Å². The maximum Gasteiger partial charge on any atom is 0.0145 e. The summed E-state index contributed by atoms with van der Waals surface area (Å²) < 4.78 is 0. The van der Waals surface area contributed by atoms with E-state index in [1.807, 2.05) is 0 Å². The first-order chi connectivity index (χ1) is 14.7. The summed E-state index contributed by atoms with van der Waals surface area (Å²) in [6, 6.07) is 1.27. The lowest BCUT2D eigenvalue weighted by Gasteiger charge is -2.49. The molecule has 6 nitrogen and oxygen atoms in total. The van der Waals surface area contributed by atoms with Crippen LogP contribution >= 0.6 is 0 Å². The normalized spacial score (nSPS) is 25.3. The largest absolute Gasteiger partial charge is 0.314 e. The Balaban J connectivity index is 1.55. The van der Waals surface area contributed by atoms with Gasteiger partial charge in [0, 0.05) is 73.5 Å². The minimum atomic E-state index is 0.211. The summed E-state index contributed by atoms with van der Waals surface area (Å²) >= 11 is 0. The lowest BCUT2D eigenvalue weighted by Crippen LogP contribution is -2.62. The molecular formula is C26H56N6. The zero-order valence-electron chi connectivity index (χ0n) is 22.9. The molecule has 0 aromatic carbocycles. The molecule has 0 aromatic rings. The van der Waals surface area contributed by atoms with Crippen LogP contribution in [0, 0.1) is 0 Å². The third kappa shape index (κ3) is 9.94. The first-order valence-corrected chi connectivity index (χ1v) is 13.2. The molecule has 0 radical (unpaired) electrons. The molecule has 0 spiro atoms. The van der Waals surface area contributed by atoms with Gasteiger partial charge in [0.1, 0.15) is 0 Å². The van der Waals surface area contributed by atoms with Gasteiger partial charge in [0.2, 0.25) is 0 Å². The van der Waals surface area contributed by atoms with Crippen molar-refractivity contribution in [1.29, 1.82) is 0 Å². The van der Waals surface area contributed by atoms with Gasteiger partial charge in [0.25, 0.3) is 0 Å². The average Bonchev–Trinajstić information content (AvgIpc) is 2.58. The number of hydrogen-bond acceptors (Lipinski definition) is 6. The van der Waals surface area contributed by atoms with Gasteiger partial charge in [-0.1, -0.05) is 6.92 Å². The third-order valence-corrected chi connectivity index (χ3v) is 7.07. The molecule has 5 N–H and O–H groups in total. The van der Waals surface area contributed by atoms with Gasteiger partial charge in [-0.2, -0.15) is 0 Å². The van der Waals surface area contributed by atoms with E-state index in [0.717, 1.165) is 45.8 Å². The standard InChI is InChI=1S/C26H56N6/c1-10-32(22-19-25(6,7)31-26(8,9)20-22)16-15-28-12-11-27-13-14-29-21-17-23(2,3)30-24(4,5)18-21/h21-22,27-31H,10-20H2,1-9H3. The maximum atomic E-state index is 3.81. The van der Waals surface area contributed by atoms with Crippen molar-refractivity contribution in [3.8, 4) is 0 Å². The molecule has 2 heterocycles. The van der Waals surface area contributed by atoms with Crippen molar-refractivity contribution >= 4 is 0 Å². The SMILES string of the molecule is CCN(CCNCCNCCNC1CC(C)(C)NC(C)(C)C1)C1CC(C)(C)NC(C)(C)C1. The quantitative estimate of drug-likeness (QED) is 0.294. The van der Waals surface area contributed by atoms with Crippen molar-refractivity contribution in [2.24, 2.45) is 0 Å². The number of rotatable bonds is 12.